The summed E-state index contributed by atoms with van der Waals surface area (Å²) < 4.78 is 53.0. The lowest BCUT2D eigenvalue weighted by Gasteiger charge is -2.29. The SMILES string of the molecule is CC(C)(C)[S+]([O-])NC(c1cccc(Br)c1)C(F)(F)F. The first-order chi connectivity index (χ1) is 8.51. The Morgan fingerprint density at radius 3 is 2.26 bits per heavy atom. The second-order valence-electron chi connectivity index (χ2n) is 5.03. The van der Waals surface area contributed by atoms with Crippen molar-refractivity contribution in [1.82, 2.24) is 4.72 Å². The van der Waals surface area contributed by atoms with Crippen molar-refractivity contribution in [3.63, 3.8) is 0 Å². The minimum atomic E-state index is -4.51. The van der Waals surface area contributed by atoms with Crippen molar-refractivity contribution in [2.45, 2.75) is 37.7 Å². The van der Waals surface area contributed by atoms with Crippen LogP contribution in [0.25, 0.3) is 0 Å². The Morgan fingerprint density at radius 1 is 1.26 bits per heavy atom. The van der Waals surface area contributed by atoms with Gasteiger partial charge in [0, 0.05) is 15.8 Å². The fourth-order valence-electron chi connectivity index (χ4n) is 1.29. The van der Waals surface area contributed by atoms with Crippen LogP contribution in [0.2, 0.25) is 0 Å². The Kier molecular flexibility index (Phi) is 5.34. The Bertz CT molecular complexity index is 434. The zero-order valence-electron chi connectivity index (χ0n) is 10.7. The minimum absolute atomic E-state index is 0.0273. The first-order valence-electron chi connectivity index (χ1n) is 5.52. The van der Waals surface area contributed by atoms with Crippen molar-refractivity contribution in [3.05, 3.63) is 34.3 Å². The molecule has 0 aromatic heterocycles. The third kappa shape index (κ3) is 4.98. The third-order valence-electron chi connectivity index (χ3n) is 2.29. The smallest absolute Gasteiger partial charge is 0.412 e. The van der Waals surface area contributed by atoms with Gasteiger partial charge in [0.25, 0.3) is 0 Å². The molecule has 0 radical (unpaired) electrons. The van der Waals surface area contributed by atoms with Crippen LogP contribution < -0.4 is 4.72 Å². The highest BCUT2D eigenvalue weighted by molar-refractivity contribution is 9.10. The van der Waals surface area contributed by atoms with Crippen molar-refractivity contribution in [1.29, 1.82) is 0 Å². The topological polar surface area (TPSA) is 35.1 Å². The van der Waals surface area contributed by atoms with Gasteiger partial charge in [0.1, 0.15) is 4.75 Å². The lowest BCUT2D eigenvalue weighted by atomic mass is 10.1. The fourth-order valence-corrected chi connectivity index (χ4v) is 2.55. The molecule has 1 aromatic rings. The molecule has 0 heterocycles. The fraction of sp³-hybridized carbons (Fsp3) is 0.500. The highest BCUT2D eigenvalue weighted by Crippen LogP contribution is 2.35. The number of rotatable bonds is 3. The molecule has 2 nitrogen and oxygen atoms in total. The molecular formula is C12H15BrF3NOS. The monoisotopic (exact) mass is 357 g/mol. The molecule has 2 unspecified atom stereocenters. The van der Waals surface area contributed by atoms with E-state index in [1.54, 1.807) is 26.8 Å². The summed E-state index contributed by atoms with van der Waals surface area (Å²) in [7, 11) is 0. The minimum Gasteiger partial charge on any atom is -0.598 e. The van der Waals surface area contributed by atoms with Crippen molar-refractivity contribution in [2.75, 3.05) is 0 Å². The van der Waals surface area contributed by atoms with Crippen LogP contribution in [0.4, 0.5) is 13.2 Å². The van der Waals surface area contributed by atoms with Gasteiger partial charge in [0.2, 0.25) is 0 Å². The van der Waals surface area contributed by atoms with Gasteiger partial charge in [0.15, 0.2) is 6.04 Å². The highest BCUT2D eigenvalue weighted by Gasteiger charge is 2.45. The molecule has 0 bridgehead atoms. The number of benzene rings is 1. The van der Waals surface area contributed by atoms with Crippen LogP contribution in [-0.2, 0) is 11.4 Å². The van der Waals surface area contributed by atoms with E-state index in [-0.39, 0.29) is 5.56 Å². The molecule has 1 N–H and O–H groups in total. The van der Waals surface area contributed by atoms with Crippen LogP contribution in [0, 0.1) is 0 Å². The molecule has 0 saturated carbocycles. The molecule has 0 amide bonds. The highest BCUT2D eigenvalue weighted by atomic mass is 79.9. The van der Waals surface area contributed by atoms with Crippen LogP contribution in [-0.4, -0.2) is 15.5 Å². The van der Waals surface area contributed by atoms with E-state index in [1.165, 1.54) is 18.2 Å². The van der Waals surface area contributed by atoms with E-state index < -0.39 is 28.3 Å². The number of hydrogen-bond donors (Lipinski definition) is 1. The maximum absolute atomic E-state index is 13.1. The summed E-state index contributed by atoms with van der Waals surface area (Å²) in [6, 6.07) is 3.92. The van der Waals surface area contributed by atoms with Gasteiger partial charge in [-0.1, -0.05) is 28.1 Å². The molecule has 0 aliphatic carbocycles. The van der Waals surface area contributed by atoms with Crippen LogP contribution in [0.15, 0.2) is 28.7 Å². The number of hydrogen-bond acceptors (Lipinski definition) is 2. The Labute approximate surface area is 122 Å². The van der Waals surface area contributed by atoms with E-state index in [4.69, 9.17) is 0 Å². The molecule has 0 fully saturated rings. The molecule has 108 valence electrons. The van der Waals surface area contributed by atoms with E-state index >= 15 is 0 Å². The van der Waals surface area contributed by atoms with Crippen molar-refractivity contribution >= 4 is 27.3 Å². The molecule has 0 saturated heterocycles. The summed E-state index contributed by atoms with van der Waals surface area (Å²) >= 11 is 1.33. The van der Waals surface area contributed by atoms with Gasteiger partial charge in [-0.2, -0.15) is 13.2 Å². The predicted octanol–water partition coefficient (Wildman–Crippen LogP) is 4.10. The summed E-state index contributed by atoms with van der Waals surface area (Å²) in [4.78, 5) is 0. The quantitative estimate of drug-likeness (QED) is 0.826. The van der Waals surface area contributed by atoms with Crippen LogP contribution >= 0.6 is 15.9 Å². The molecule has 0 aliphatic rings. The number of nitrogens with one attached hydrogen (secondary N) is 1. The lowest BCUT2D eigenvalue weighted by molar-refractivity contribution is -0.153. The molecule has 2 atom stereocenters. The molecule has 1 aromatic carbocycles. The first-order valence-corrected chi connectivity index (χ1v) is 7.46. The van der Waals surface area contributed by atoms with Crippen molar-refractivity contribution in [2.24, 2.45) is 0 Å². The normalized spacial score (nSPS) is 16.2. The van der Waals surface area contributed by atoms with E-state index in [0.29, 0.717) is 4.47 Å². The van der Waals surface area contributed by atoms with Crippen LogP contribution in [0.1, 0.15) is 32.4 Å². The second-order valence-corrected chi connectivity index (χ2v) is 7.94. The maximum Gasteiger partial charge on any atom is 0.412 e. The van der Waals surface area contributed by atoms with E-state index in [1.807, 2.05) is 0 Å². The van der Waals surface area contributed by atoms with E-state index in [0.717, 1.165) is 0 Å². The number of halogens is 4. The summed E-state index contributed by atoms with van der Waals surface area (Å²) in [5.74, 6) is 0. The third-order valence-corrected chi connectivity index (χ3v) is 4.35. The Balaban J connectivity index is 3.04. The predicted molar refractivity (Wildman–Crippen MR) is 74.0 cm³/mol. The molecule has 0 spiro atoms. The molecule has 7 heteroatoms. The zero-order valence-corrected chi connectivity index (χ0v) is 13.1. The van der Waals surface area contributed by atoms with Gasteiger partial charge < -0.3 is 4.55 Å². The van der Waals surface area contributed by atoms with Gasteiger partial charge in [0.05, 0.1) is 0 Å². The second kappa shape index (κ2) is 6.03. The van der Waals surface area contributed by atoms with Crippen molar-refractivity contribution in [3.8, 4) is 0 Å². The lowest BCUT2D eigenvalue weighted by Crippen LogP contribution is -2.45. The van der Waals surface area contributed by atoms with Gasteiger partial charge >= 0.3 is 6.18 Å². The number of alkyl halides is 3. The maximum atomic E-state index is 13.1. The standard InChI is InChI=1S/C12H15BrF3NOS/c1-11(2,3)19(18)17-10(12(14,15)16)8-5-4-6-9(13)7-8/h4-7,10,17H,1-3H3. The Hall–Kier alpha value is -0.240. The summed E-state index contributed by atoms with van der Waals surface area (Å²) in [6.45, 7) is 4.85. The van der Waals surface area contributed by atoms with E-state index in [9.17, 15) is 17.7 Å². The summed E-state index contributed by atoms with van der Waals surface area (Å²) in [6.07, 6.45) is -4.51. The molecule has 19 heavy (non-hydrogen) atoms. The molecule has 1 rings (SSSR count). The van der Waals surface area contributed by atoms with Crippen molar-refractivity contribution < 1.29 is 17.7 Å². The largest absolute Gasteiger partial charge is 0.598 e. The summed E-state index contributed by atoms with van der Waals surface area (Å²) in [5, 5.41) is 0. The zero-order chi connectivity index (χ0) is 14.8. The first kappa shape index (κ1) is 16.8. The van der Waals surface area contributed by atoms with Gasteiger partial charge in [-0.15, -0.1) is 4.72 Å². The summed E-state index contributed by atoms with van der Waals surface area (Å²) in [5.41, 5.74) is 0.0273. The molecule has 0 aliphatic heterocycles. The van der Waals surface area contributed by atoms with E-state index in [2.05, 4.69) is 20.7 Å². The van der Waals surface area contributed by atoms with Crippen LogP contribution in [0.3, 0.4) is 0 Å². The van der Waals surface area contributed by atoms with Gasteiger partial charge in [-0.25, -0.2) is 0 Å². The van der Waals surface area contributed by atoms with Crippen LogP contribution in [0.5, 0.6) is 0 Å². The van der Waals surface area contributed by atoms with Gasteiger partial charge in [-0.05, 0) is 38.5 Å². The Morgan fingerprint density at radius 2 is 1.84 bits per heavy atom. The van der Waals surface area contributed by atoms with Gasteiger partial charge in [-0.3, -0.25) is 0 Å². The average Bonchev–Trinajstić information content (AvgIpc) is 2.22. The average molecular weight is 358 g/mol. The molecular weight excluding hydrogens is 343 g/mol.